The predicted molar refractivity (Wildman–Crippen MR) is 118 cm³/mol. The second kappa shape index (κ2) is 11.5. The summed E-state index contributed by atoms with van der Waals surface area (Å²) in [6.45, 7) is 1.81. The van der Waals surface area contributed by atoms with Crippen LogP contribution in [-0.2, 0) is 20.9 Å². The van der Waals surface area contributed by atoms with E-state index < -0.39 is 11.8 Å². The van der Waals surface area contributed by atoms with Crippen molar-refractivity contribution in [2.75, 3.05) is 26.8 Å². The van der Waals surface area contributed by atoms with Gasteiger partial charge in [0, 0.05) is 19.6 Å². The SMILES string of the molecule is COc1ccc(CNC(=O)C(=O)N/N=C\c2ccc(OCC(=O)N3CCCC3)cc2)cc1. The molecule has 168 valence electrons. The van der Waals surface area contributed by atoms with Crippen LogP contribution in [0.2, 0.25) is 0 Å². The molecule has 9 heteroatoms. The van der Waals surface area contributed by atoms with E-state index in [1.165, 1.54) is 6.21 Å². The average Bonchev–Trinajstić information content (AvgIpc) is 3.37. The smallest absolute Gasteiger partial charge is 0.329 e. The number of hydrazone groups is 1. The van der Waals surface area contributed by atoms with Crippen LogP contribution in [-0.4, -0.2) is 55.6 Å². The number of carbonyl (C=O) groups excluding carboxylic acids is 3. The molecule has 1 aliphatic heterocycles. The second-order valence-corrected chi connectivity index (χ2v) is 7.18. The number of benzene rings is 2. The van der Waals surface area contributed by atoms with Gasteiger partial charge in [-0.1, -0.05) is 12.1 Å². The van der Waals surface area contributed by atoms with Crippen molar-refractivity contribution in [3.63, 3.8) is 0 Å². The fourth-order valence-electron chi connectivity index (χ4n) is 3.08. The number of ether oxygens (including phenoxy) is 2. The lowest BCUT2D eigenvalue weighted by atomic mass is 10.2. The van der Waals surface area contributed by atoms with Crippen LogP contribution < -0.4 is 20.2 Å². The van der Waals surface area contributed by atoms with E-state index in [-0.39, 0.29) is 19.1 Å². The minimum atomic E-state index is -0.866. The zero-order valence-corrected chi connectivity index (χ0v) is 17.9. The van der Waals surface area contributed by atoms with Crippen molar-refractivity contribution in [3.05, 3.63) is 59.7 Å². The van der Waals surface area contributed by atoms with Crippen LogP contribution in [0.4, 0.5) is 0 Å². The molecule has 0 aromatic heterocycles. The van der Waals surface area contributed by atoms with Gasteiger partial charge in [-0.3, -0.25) is 14.4 Å². The van der Waals surface area contributed by atoms with Gasteiger partial charge in [0.15, 0.2) is 6.61 Å². The molecule has 0 bridgehead atoms. The number of nitrogens with one attached hydrogen (secondary N) is 2. The number of rotatable bonds is 8. The molecule has 2 aromatic rings. The van der Waals surface area contributed by atoms with E-state index in [2.05, 4.69) is 15.8 Å². The van der Waals surface area contributed by atoms with Gasteiger partial charge in [-0.2, -0.15) is 5.10 Å². The van der Waals surface area contributed by atoms with E-state index in [0.29, 0.717) is 17.1 Å². The zero-order chi connectivity index (χ0) is 22.8. The van der Waals surface area contributed by atoms with Crippen molar-refractivity contribution >= 4 is 23.9 Å². The largest absolute Gasteiger partial charge is 0.497 e. The Kier molecular flexibility index (Phi) is 8.19. The molecule has 0 atom stereocenters. The number of nitrogens with zero attached hydrogens (tertiary/aromatic N) is 2. The first kappa shape index (κ1) is 22.8. The van der Waals surface area contributed by atoms with E-state index in [4.69, 9.17) is 9.47 Å². The summed E-state index contributed by atoms with van der Waals surface area (Å²) < 4.78 is 10.6. The molecule has 1 fully saturated rings. The van der Waals surface area contributed by atoms with Crippen LogP contribution in [0.25, 0.3) is 0 Å². The van der Waals surface area contributed by atoms with Crippen molar-refractivity contribution in [1.29, 1.82) is 0 Å². The summed E-state index contributed by atoms with van der Waals surface area (Å²) in [5, 5.41) is 6.32. The maximum absolute atomic E-state index is 12.0. The molecule has 2 N–H and O–H groups in total. The summed E-state index contributed by atoms with van der Waals surface area (Å²) in [4.78, 5) is 37.5. The fourth-order valence-corrected chi connectivity index (χ4v) is 3.08. The van der Waals surface area contributed by atoms with Gasteiger partial charge in [-0.15, -0.1) is 0 Å². The Hall–Kier alpha value is -3.88. The van der Waals surface area contributed by atoms with Crippen LogP contribution in [0.3, 0.4) is 0 Å². The minimum absolute atomic E-state index is 0.00906. The standard InChI is InChI=1S/C23H26N4O5/c1-31-19-8-4-17(5-9-19)14-24-22(29)23(30)26-25-15-18-6-10-20(11-7-18)32-16-21(28)27-12-2-3-13-27/h4-11,15H,2-3,12-14,16H2,1H3,(H,24,29)(H,26,30)/b25-15-. The lowest BCUT2D eigenvalue weighted by Gasteiger charge is -2.15. The summed E-state index contributed by atoms with van der Waals surface area (Å²) in [5.74, 6) is -0.389. The van der Waals surface area contributed by atoms with Crippen molar-refractivity contribution in [3.8, 4) is 11.5 Å². The van der Waals surface area contributed by atoms with Gasteiger partial charge in [0.1, 0.15) is 11.5 Å². The van der Waals surface area contributed by atoms with E-state index in [1.807, 2.05) is 0 Å². The third-order valence-corrected chi connectivity index (χ3v) is 4.90. The molecule has 9 nitrogen and oxygen atoms in total. The zero-order valence-electron chi connectivity index (χ0n) is 17.9. The molecular formula is C23H26N4O5. The molecular weight excluding hydrogens is 412 g/mol. The van der Waals surface area contributed by atoms with Crippen molar-refractivity contribution in [2.45, 2.75) is 19.4 Å². The molecule has 0 aliphatic carbocycles. The normalized spacial score (nSPS) is 13.1. The van der Waals surface area contributed by atoms with E-state index >= 15 is 0 Å². The molecule has 2 aromatic carbocycles. The van der Waals surface area contributed by atoms with E-state index in [1.54, 1.807) is 60.5 Å². The summed E-state index contributed by atoms with van der Waals surface area (Å²) in [6.07, 6.45) is 3.50. The number of methoxy groups -OCH3 is 1. The number of hydrogen-bond donors (Lipinski definition) is 2. The average molecular weight is 438 g/mol. The van der Waals surface area contributed by atoms with Crippen LogP contribution >= 0.6 is 0 Å². The maximum atomic E-state index is 12.0. The highest BCUT2D eigenvalue weighted by Crippen LogP contribution is 2.13. The highest BCUT2D eigenvalue weighted by atomic mass is 16.5. The summed E-state index contributed by atoms with van der Waals surface area (Å²) >= 11 is 0. The third-order valence-electron chi connectivity index (χ3n) is 4.90. The number of amides is 3. The maximum Gasteiger partial charge on any atom is 0.329 e. The number of hydrogen-bond acceptors (Lipinski definition) is 6. The molecule has 32 heavy (non-hydrogen) atoms. The lowest BCUT2D eigenvalue weighted by molar-refractivity contribution is -0.139. The number of carbonyl (C=O) groups is 3. The molecule has 1 aliphatic rings. The Morgan fingerprint density at radius 3 is 2.28 bits per heavy atom. The first-order valence-corrected chi connectivity index (χ1v) is 10.3. The quantitative estimate of drug-likeness (QED) is 0.369. The molecule has 3 rings (SSSR count). The first-order chi connectivity index (χ1) is 15.5. The lowest BCUT2D eigenvalue weighted by Crippen LogP contribution is -2.37. The molecule has 0 saturated carbocycles. The topological polar surface area (TPSA) is 109 Å². The van der Waals surface area contributed by atoms with Gasteiger partial charge in [-0.05, 0) is 60.4 Å². The molecule has 0 unspecified atom stereocenters. The fraction of sp³-hybridized carbons (Fsp3) is 0.304. The Morgan fingerprint density at radius 1 is 0.969 bits per heavy atom. The van der Waals surface area contributed by atoms with Crippen molar-refractivity contribution in [1.82, 2.24) is 15.6 Å². The van der Waals surface area contributed by atoms with Crippen LogP contribution in [0.1, 0.15) is 24.0 Å². The van der Waals surface area contributed by atoms with Crippen molar-refractivity contribution < 1.29 is 23.9 Å². The van der Waals surface area contributed by atoms with E-state index in [0.717, 1.165) is 31.5 Å². The Labute approximate surface area is 186 Å². The molecule has 0 radical (unpaired) electrons. The summed E-state index contributed by atoms with van der Waals surface area (Å²) in [6, 6.07) is 14.0. The van der Waals surface area contributed by atoms with Gasteiger partial charge in [0.2, 0.25) is 0 Å². The van der Waals surface area contributed by atoms with Crippen molar-refractivity contribution in [2.24, 2.45) is 5.10 Å². The minimum Gasteiger partial charge on any atom is -0.497 e. The summed E-state index contributed by atoms with van der Waals surface area (Å²) in [5.41, 5.74) is 3.72. The predicted octanol–water partition coefficient (Wildman–Crippen LogP) is 1.46. The van der Waals surface area contributed by atoms with E-state index in [9.17, 15) is 14.4 Å². The van der Waals surface area contributed by atoms with Gasteiger partial charge >= 0.3 is 11.8 Å². The van der Waals surface area contributed by atoms with Crippen LogP contribution in [0.5, 0.6) is 11.5 Å². The van der Waals surface area contributed by atoms with Gasteiger partial charge in [0.05, 0.1) is 13.3 Å². The highest BCUT2D eigenvalue weighted by molar-refractivity contribution is 6.35. The Balaban J connectivity index is 1.38. The third kappa shape index (κ3) is 6.83. The Morgan fingerprint density at radius 2 is 1.62 bits per heavy atom. The Bertz CT molecular complexity index is 951. The van der Waals surface area contributed by atoms with Crippen LogP contribution in [0, 0.1) is 0 Å². The molecule has 0 spiro atoms. The monoisotopic (exact) mass is 438 g/mol. The summed E-state index contributed by atoms with van der Waals surface area (Å²) in [7, 11) is 1.57. The first-order valence-electron chi connectivity index (χ1n) is 10.3. The molecule has 1 saturated heterocycles. The number of likely N-dealkylation sites (tertiary alicyclic amines) is 1. The molecule has 3 amide bonds. The van der Waals surface area contributed by atoms with Gasteiger partial charge in [-0.25, -0.2) is 5.43 Å². The molecule has 1 heterocycles. The highest BCUT2D eigenvalue weighted by Gasteiger charge is 2.18. The van der Waals surface area contributed by atoms with Gasteiger partial charge < -0.3 is 19.7 Å². The van der Waals surface area contributed by atoms with Crippen LogP contribution in [0.15, 0.2) is 53.6 Å². The van der Waals surface area contributed by atoms with Gasteiger partial charge in [0.25, 0.3) is 5.91 Å². The second-order valence-electron chi connectivity index (χ2n) is 7.18.